The van der Waals surface area contributed by atoms with Crippen LogP contribution >= 0.6 is 11.6 Å². The van der Waals surface area contributed by atoms with Gasteiger partial charge in [-0.25, -0.2) is 8.42 Å². The number of rotatable bonds is 4. The van der Waals surface area contributed by atoms with Gasteiger partial charge in [-0.2, -0.15) is 0 Å². The number of aryl methyl sites for hydroxylation is 1. The van der Waals surface area contributed by atoms with Gasteiger partial charge in [0, 0.05) is 19.1 Å². The summed E-state index contributed by atoms with van der Waals surface area (Å²) in [5.74, 6) is 1.37. The summed E-state index contributed by atoms with van der Waals surface area (Å²) in [5.41, 5.74) is 0.877. The lowest BCUT2D eigenvalue weighted by atomic mass is 9.90. The molecule has 0 bridgehead atoms. The molecule has 0 aromatic carbocycles. The van der Waals surface area contributed by atoms with Crippen molar-refractivity contribution in [3.63, 3.8) is 0 Å². The molecule has 0 spiro atoms. The van der Waals surface area contributed by atoms with Gasteiger partial charge in [0.15, 0.2) is 9.84 Å². The van der Waals surface area contributed by atoms with Crippen molar-refractivity contribution in [1.29, 1.82) is 0 Å². The SMILES string of the molecule is Cn1cc(CC(CCl)C2CCS(=O)(=O)C2)nn1. The first-order chi connectivity index (χ1) is 8.00. The van der Waals surface area contributed by atoms with Crippen LogP contribution in [0.3, 0.4) is 0 Å². The van der Waals surface area contributed by atoms with E-state index in [4.69, 9.17) is 11.6 Å². The first-order valence-corrected chi connectivity index (χ1v) is 7.97. The van der Waals surface area contributed by atoms with E-state index in [0.29, 0.717) is 18.1 Å². The highest BCUT2D eigenvalue weighted by molar-refractivity contribution is 7.91. The third kappa shape index (κ3) is 3.19. The molecule has 0 saturated carbocycles. The van der Waals surface area contributed by atoms with Gasteiger partial charge in [0.25, 0.3) is 0 Å². The van der Waals surface area contributed by atoms with Crippen LogP contribution in [-0.2, 0) is 23.3 Å². The Morgan fingerprint density at radius 1 is 1.65 bits per heavy atom. The Morgan fingerprint density at radius 2 is 2.41 bits per heavy atom. The van der Waals surface area contributed by atoms with Crippen LogP contribution < -0.4 is 0 Å². The molecule has 1 aliphatic heterocycles. The van der Waals surface area contributed by atoms with E-state index in [9.17, 15) is 8.42 Å². The van der Waals surface area contributed by atoms with Crippen molar-refractivity contribution in [1.82, 2.24) is 15.0 Å². The molecule has 1 fully saturated rings. The zero-order valence-electron chi connectivity index (χ0n) is 9.71. The second kappa shape index (κ2) is 4.94. The molecule has 2 rings (SSSR count). The first kappa shape index (κ1) is 12.8. The van der Waals surface area contributed by atoms with E-state index in [2.05, 4.69) is 10.3 Å². The van der Waals surface area contributed by atoms with Crippen LogP contribution in [0.1, 0.15) is 12.1 Å². The Labute approximate surface area is 106 Å². The first-order valence-electron chi connectivity index (χ1n) is 5.62. The molecule has 2 unspecified atom stereocenters. The maximum Gasteiger partial charge on any atom is 0.150 e. The minimum Gasteiger partial charge on any atom is -0.255 e. The highest BCUT2D eigenvalue weighted by Gasteiger charge is 2.33. The zero-order valence-corrected chi connectivity index (χ0v) is 11.3. The molecule has 2 atom stereocenters. The molecule has 0 amide bonds. The lowest BCUT2D eigenvalue weighted by molar-refractivity contribution is 0.394. The van der Waals surface area contributed by atoms with Crippen LogP contribution in [-0.4, -0.2) is 40.8 Å². The molecule has 7 heteroatoms. The predicted molar refractivity (Wildman–Crippen MR) is 65.7 cm³/mol. The summed E-state index contributed by atoms with van der Waals surface area (Å²) in [6.45, 7) is 0. The van der Waals surface area contributed by atoms with Gasteiger partial charge in [-0.1, -0.05) is 5.21 Å². The summed E-state index contributed by atoms with van der Waals surface area (Å²) in [7, 11) is -1.03. The number of halogens is 1. The van der Waals surface area contributed by atoms with Gasteiger partial charge < -0.3 is 0 Å². The maximum atomic E-state index is 11.4. The van der Waals surface area contributed by atoms with Crippen LogP contribution in [0.4, 0.5) is 0 Å². The Balaban J connectivity index is 2.02. The second-order valence-corrected chi connectivity index (χ2v) is 7.20. The van der Waals surface area contributed by atoms with Gasteiger partial charge in [0.1, 0.15) is 0 Å². The van der Waals surface area contributed by atoms with Crippen LogP contribution in [0, 0.1) is 11.8 Å². The van der Waals surface area contributed by atoms with Crippen LogP contribution in [0.15, 0.2) is 6.20 Å². The van der Waals surface area contributed by atoms with Gasteiger partial charge in [0.2, 0.25) is 0 Å². The van der Waals surface area contributed by atoms with E-state index in [1.165, 1.54) is 0 Å². The van der Waals surface area contributed by atoms with Crippen molar-refractivity contribution in [2.24, 2.45) is 18.9 Å². The van der Waals surface area contributed by atoms with Crippen LogP contribution in [0.25, 0.3) is 0 Å². The number of hydrogen-bond acceptors (Lipinski definition) is 4. The minimum absolute atomic E-state index is 0.166. The standard InChI is InChI=1S/C10H16ClN3O2S/c1-14-6-10(12-13-14)4-9(5-11)8-2-3-17(15,16)7-8/h6,8-9H,2-5,7H2,1H3. The predicted octanol–water partition coefficient (Wildman–Crippen LogP) is 0.647. The quantitative estimate of drug-likeness (QED) is 0.758. The fourth-order valence-corrected chi connectivity index (χ4v) is 4.58. The van der Waals surface area contributed by atoms with Crippen molar-refractivity contribution < 1.29 is 8.42 Å². The van der Waals surface area contributed by atoms with E-state index >= 15 is 0 Å². The fourth-order valence-electron chi connectivity index (χ4n) is 2.30. The molecule has 96 valence electrons. The number of hydrogen-bond donors (Lipinski definition) is 0. The molecule has 1 aliphatic rings. The van der Waals surface area contributed by atoms with E-state index in [0.717, 1.165) is 12.1 Å². The van der Waals surface area contributed by atoms with Crippen molar-refractivity contribution in [2.45, 2.75) is 12.8 Å². The fraction of sp³-hybridized carbons (Fsp3) is 0.800. The Hall–Kier alpha value is -0.620. The number of aromatic nitrogens is 3. The number of alkyl halides is 1. The summed E-state index contributed by atoms with van der Waals surface area (Å²) in [6, 6.07) is 0. The molecule has 2 heterocycles. The smallest absolute Gasteiger partial charge is 0.150 e. The average molecular weight is 278 g/mol. The molecule has 17 heavy (non-hydrogen) atoms. The lowest BCUT2D eigenvalue weighted by Gasteiger charge is -2.18. The van der Waals surface area contributed by atoms with Crippen molar-refractivity contribution in [2.75, 3.05) is 17.4 Å². The van der Waals surface area contributed by atoms with E-state index in [1.807, 2.05) is 13.2 Å². The third-order valence-corrected chi connectivity index (χ3v) is 5.44. The molecule has 1 aromatic rings. The summed E-state index contributed by atoms with van der Waals surface area (Å²) in [4.78, 5) is 0. The van der Waals surface area contributed by atoms with Gasteiger partial charge in [-0.15, -0.1) is 16.7 Å². The summed E-state index contributed by atoms with van der Waals surface area (Å²) >= 11 is 5.95. The zero-order chi connectivity index (χ0) is 12.5. The van der Waals surface area contributed by atoms with Crippen LogP contribution in [0.5, 0.6) is 0 Å². The van der Waals surface area contributed by atoms with Gasteiger partial charge in [-0.3, -0.25) is 4.68 Å². The topological polar surface area (TPSA) is 64.8 Å². The molecular formula is C10H16ClN3O2S. The Bertz CT molecular complexity index is 485. The highest BCUT2D eigenvalue weighted by atomic mass is 35.5. The summed E-state index contributed by atoms with van der Waals surface area (Å²) < 4.78 is 24.5. The largest absolute Gasteiger partial charge is 0.255 e. The van der Waals surface area contributed by atoms with Gasteiger partial charge in [0.05, 0.1) is 17.2 Å². The highest BCUT2D eigenvalue weighted by Crippen LogP contribution is 2.29. The monoisotopic (exact) mass is 277 g/mol. The average Bonchev–Trinajstić information content (AvgIpc) is 2.81. The number of sulfone groups is 1. The van der Waals surface area contributed by atoms with Crippen molar-refractivity contribution in [3.05, 3.63) is 11.9 Å². The second-order valence-electron chi connectivity index (χ2n) is 4.67. The van der Waals surface area contributed by atoms with Crippen molar-refractivity contribution >= 4 is 21.4 Å². The van der Waals surface area contributed by atoms with Crippen LogP contribution in [0.2, 0.25) is 0 Å². The minimum atomic E-state index is -2.84. The lowest BCUT2D eigenvalue weighted by Crippen LogP contribution is -2.20. The molecule has 0 aliphatic carbocycles. The van der Waals surface area contributed by atoms with E-state index < -0.39 is 9.84 Å². The Kier molecular flexibility index (Phi) is 3.73. The molecule has 0 radical (unpaired) electrons. The van der Waals surface area contributed by atoms with E-state index in [1.54, 1.807) is 4.68 Å². The molecule has 1 saturated heterocycles. The maximum absolute atomic E-state index is 11.4. The van der Waals surface area contributed by atoms with Crippen molar-refractivity contribution in [3.8, 4) is 0 Å². The Morgan fingerprint density at radius 3 is 2.88 bits per heavy atom. The third-order valence-electron chi connectivity index (χ3n) is 3.25. The van der Waals surface area contributed by atoms with Gasteiger partial charge >= 0.3 is 0 Å². The number of nitrogens with zero attached hydrogens (tertiary/aromatic N) is 3. The van der Waals surface area contributed by atoms with E-state index in [-0.39, 0.29) is 17.6 Å². The summed E-state index contributed by atoms with van der Waals surface area (Å²) in [5, 5.41) is 7.88. The van der Waals surface area contributed by atoms with Gasteiger partial charge in [-0.05, 0) is 24.7 Å². The molecule has 5 nitrogen and oxygen atoms in total. The molecule has 0 N–H and O–H groups in total. The normalized spacial score (nSPS) is 24.9. The molecular weight excluding hydrogens is 262 g/mol. The molecule has 1 aromatic heterocycles. The summed E-state index contributed by atoms with van der Waals surface area (Å²) in [6.07, 6.45) is 3.28.